The minimum Gasteiger partial charge on any atom is -0.508 e. The van der Waals surface area contributed by atoms with E-state index in [1.807, 2.05) is 6.92 Å². The van der Waals surface area contributed by atoms with Crippen LogP contribution < -0.4 is 9.47 Å². The van der Waals surface area contributed by atoms with Crippen LogP contribution >= 0.6 is 0 Å². The van der Waals surface area contributed by atoms with Crippen molar-refractivity contribution in [3.63, 3.8) is 0 Å². The second-order valence-electron chi connectivity index (χ2n) is 6.39. The van der Waals surface area contributed by atoms with Crippen molar-refractivity contribution in [1.29, 1.82) is 0 Å². The molecule has 0 amide bonds. The molecule has 1 aliphatic rings. The second kappa shape index (κ2) is 7.15. The number of fused-ring (bicyclic) bond motifs is 1. The van der Waals surface area contributed by atoms with Gasteiger partial charge in [-0.1, -0.05) is 13.3 Å². The number of hydrogen-bond donors (Lipinski definition) is 2. The summed E-state index contributed by atoms with van der Waals surface area (Å²) in [5.41, 5.74) is 1.73. The molecule has 26 heavy (non-hydrogen) atoms. The number of phenolic OH excluding ortho intramolecular Hbond substituents is 2. The van der Waals surface area contributed by atoms with Crippen molar-refractivity contribution in [2.24, 2.45) is 0 Å². The fourth-order valence-electron chi connectivity index (χ4n) is 3.20. The lowest BCUT2D eigenvalue weighted by molar-refractivity contribution is 0.0297. The zero-order valence-electron chi connectivity index (χ0n) is 15.0. The molecule has 3 rings (SSSR count). The van der Waals surface area contributed by atoms with E-state index >= 15 is 0 Å². The molecule has 6 nitrogen and oxygen atoms in total. The van der Waals surface area contributed by atoms with Crippen molar-refractivity contribution in [1.82, 2.24) is 0 Å². The molecule has 1 heterocycles. The SMILES string of the molecule is CCCc1cc(O)cc(OC)c1Oc1cc(O)cc2c1C(=O)OC(C)C2. The van der Waals surface area contributed by atoms with Crippen LogP contribution in [0.15, 0.2) is 24.3 Å². The molecule has 0 saturated carbocycles. The maximum Gasteiger partial charge on any atom is 0.342 e. The number of cyclic esters (lactones) is 1. The number of ether oxygens (including phenoxy) is 3. The van der Waals surface area contributed by atoms with Crippen LogP contribution in [0.2, 0.25) is 0 Å². The topological polar surface area (TPSA) is 85.2 Å². The molecular weight excluding hydrogens is 336 g/mol. The summed E-state index contributed by atoms with van der Waals surface area (Å²) in [6.07, 6.45) is 1.73. The fraction of sp³-hybridized carbons (Fsp3) is 0.350. The summed E-state index contributed by atoms with van der Waals surface area (Å²) in [6, 6.07) is 6.00. The molecule has 0 bridgehead atoms. The van der Waals surface area contributed by atoms with E-state index in [0.717, 1.165) is 12.0 Å². The number of hydrogen-bond acceptors (Lipinski definition) is 6. The van der Waals surface area contributed by atoms with Gasteiger partial charge in [0.2, 0.25) is 0 Å². The van der Waals surface area contributed by atoms with Crippen molar-refractivity contribution in [3.05, 3.63) is 41.0 Å². The van der Waals surface area contributed by atoms with Gasteiger partial charge in [0.25, 0.3) is 0 Å². The lowest BCUT2D eigenvalue weighted by Crippen LogP contribution is -2.25. The van der Waals surface area contributed by atoms with Gasteiger partial charge < -0.3 is 24.4 Å². The first-order valence-electron chi connectivity index (χ1n) is 8.57. The first-order chi connectivity index (χ1) is 12.4. The predicted molar refractivity (Wildman–Crippen MR) is 95.4 cm³/mol. The van der Waals surface area contributed by atoms with Crippen molar-refractivity contribution >= 4 is 5.97 Å². The van der Waals surface area contributed by atoms with E-state index in [2.05, 4.69) is 0 Å². The Hall–Kier alpha value is -2.89. The molecule has 0 aromatic heterocycles. The number of benzene rings is 2. The van der Waals surface area contributed by atoms with E-state index in [1.165, 1.54) is 19.2 Å². The molecule has 1 unspecified atom stereocenters. The molecule has 138 valence electrons. The predicted octanol–water partition coefficient (Wildman–Crippen LogP) is 3.95. The number of methoxy groups -OCH3 is 1. The molecule has 1 atom stereocenters. The number of rotatable bonds is 5. The molecular formula is C20H22O6. The van der Waals surface area contributed by atoms with Crippen LogP contribution in [0.4, 0.5) is 0 Å². The Labute approximate surface area is 151 Å². The van der Waals surface area contributed by atoms with Crippen LogP contribution in [-0.4, -0.2) is 29.4 Å². The Morgan fingerprint density at radius 2 is 1.85 bits per heavy atom. The number of phenols is 2. The summed E-state index contributed by atoms with van der Waals surface area (Å²) in [6.45, 7) is 3.81. The summed E-state index contributed by atoms with van der Waals surface area (Å²) in [7, 11) is 1.48. The van der Waals surface area contributed by atoms with E-state index < -0.39 is 5.97 Å². The summed E-state index contributed by atoms with van der Waals surface area (Å²) in [5.74, 6) is 0.565. The van der Waals surface area contributed by atoms with Crippen LogP contribution in [-0.2, 0) is 17.6 Å². The largest absolute Gasteiger partial charge is 0.508 e. The third-order valence-corrected chi connectivity index (χ3v) is 4.26. The smallest absolute Gasteiger partial charge is 0.342 e. The molecule has 0 spiro atoms. The van der Waals surface area contributed by atoms with E-state index in [4.69, 9.17) is 14.2 Å². The lowest BCUT2D eigenvalue weighted by Gasteiger charge is -2.24. The van der Waals surface area contributed by atoms with Crippen LogP contribution in [0.5, 0.6) is 28.7 Å². The van der Waals surface area contributed by atoms with Crippen LogP contribution in [0.1, 0.15) is 41.8 Å². The zero-order valence-corrected chi connectivity index (χ0v) is 15.0. The monoisotopic (exact) mass is 358 g/mol. The Morgan fingerprint density at radius 3 is 2.54 bits per heavy atom. The summed E-state index contributed by atoms with van der Waals surface area (Å²) < 4.78 is 16.7. The third-order valence-electron chi connectivity index (χ3n) is 4.26. The third kappa shape index (κ3) is 3.40. The normalized spacial score (nSPS) is 16.0. The van der Waals surface area contributed by atoms with Crippen LogP contribution in [0.3, 0.4) is 0 Å². The molecule has 2 N–H and O–H groups in total. The molecule has 6 heteroatoms. The van der Waals surface area contributed by atoms with E-state index in [1.54, 1.807) is 19.1 Å². The number of carbonyl (C=O) groups is 1. The Kier molecular flexibility index (Phi) is 4.93. The summed E-state index contributed by atoms with van der Waals surface area (Å²) in [4.78, 5) is 12.4. The average Bonchev–Trinajstić information content (AvgIpc) is 2.55. The van der Waals surface area contributed by atoms with Gasteiger partial charge in [0.15, 0.2) is 11.5 Å². The fourth-order valence-corrected chi connectivity index (χ4v) is 3.20. The minimum absolute atomic E-state index is 0.00966. The van der Waals surface area contributed by atoms with Crippen molar-refractivity contribution in [2.45, 2.75) is 39.2 Å². The maximum absolute atomic E-state index is 12.4. The summed E-state index contributed by atoms with van der Waals surface area (Å²) in [5, 5.41) is 20.0. The molecule has 0 saturated heterocycles. The highest BCUT2D eigenvalue weighted by Crippen LogP contribution is 2.42. The van der Waals surface area contributed by atoms with Crippen molar-refractivity contribution < 1.29 is 29.2 Å². The van der Waals surface area contributed by atoms with Gasteiger partial charge >= 0.3 is 5.97 Å². The van der Waals surface area contributed by atoms with Crippen molar-refractivity contribution in [3.8, 4) is 28.7 Å². The highest BCUT2D eigenvalue weighted by Gasteiger charge is 2.29. The quantitative estimate of drug-likeness (QED) is 0.787. The van der Waals surface area contributed by atoms with Gasteiger partial charge in [-0.3, -0.25) is 0 Å². The first kappa shape index (κ1) is 17.9. The van der Waals surface area contributed by atoms with Crippen molar-refractivity contribution in [2.75, 3.05) is 7.11 Å². The number of aryl methyl sites for hydroxylation is 1. The van der Waals surface area contributed by atoms with Crippen LogP contribution in [0, 0.1) is 0 Å². The molecule has 2 aromatic carbocycles. The molecule has 0 radical (unpaired) electrons. The standard InChI is InChI=1S/C20H22O6/c1-4-5-12-7-14(21)10-17(24-3)19(12)26-16-9-15(22)8-13-6-11(2)25-20(23)18(13)16/h7-11,21-22H,4-6H2,1-3H3. The number of esters is 1. The highest BCUT2D eigenvalue weighted by atomic mass is 16.5. The first-order valence-corrected chi connectivity index (χ1v) is 8.57. The summed E-state index contributed by atoms with van der Waals surface area (Å²) >= 11 is 0. The van der Waals surface area contributed by atoms with Gasteiger partial charge in [-0.15, -0.1) is 0 Å². The van der Waals surface area contributed by atoms with E-state index in [0.29, 0.717) is 35.5 Å². The average molecular weight is 358 g/mol. The van der Waals surface area contributed by atoms with Gasteiger partial charge in [-0.2, -0.15) is 0 Å². The molecule has 2 aromatic rings. The van der Waals surface area contributed by atoms with Gasteiger partial charge in [-0.05, 0) is 31.0 Å². The van der Waals surface area contributed by atoms with E-state index in [-0.39, 0.29) is 23.4 Å². The minimum atomic E-state index is -0.483. The Bertz CT molecular complexity index is 843. The van der Waals surface area contributed by atoms with Crippen LogP contribution in [0.25, 0.3) is 0 Å². The number of carbonyl (C=O) groups excluding carboxylic acids is 1. The Morgan fingerprint density at radius 1 is 1.15 bits per heavy atom. The zero-order chi connectivity index (χ0) is 18.8. The second-order valence-corrected chi connectivity index (χ2v) is 6.39. The molecule has 1 aliphatic heterocycles. The van der Waals surface area contributed by atoms with E-state index in [9.17, 15) is 15.0 Å². The molecule has 0 fully saturated rings. The van der Waals surface area contributed by atoms with Gasteiger partial charge in [0.05, 0.1) is 7.11 Å². The van der Waals surface area contributed by atoms with Gasteiger partial charge in [0, 0.05) is 24.1 Å². The van der Waals surface area contributed by atoms with Gasteiger partial charge in [0.1, 0.15) is 28.9 Å². The molecule has 0 aliphatic carbocycles. The lowest BCUT2D eigenvalue weighted by atomic mass is 9.98. The highest BCUT2D eigenvalue weighted by molar-refractivity contribution is 5.95. The maximum atomic E-state index is 12.4. The van der Waals surface area contributed by atoms with Gasteiger partial charge in [-0.25, -0.2) is 4.79 Å². The Balaban J connectivity index is 2.12. The number of aromatic hydroxyl groups is 2.